The number of rotatable bonds is 4. The molecule has 1 aromatic rings. The Morgan fingerprint density at radius 1 is 1.30 bits per heavy atom. The Balaban J connectivity index is 2.34. The van der Waals surface area contributed by atoms with Crippen LogP contribution >= 0.6 is 0 Å². The molecular weight excluding hydrogens is 298 g/mol. The van der Waals surface area contributed by atoms with Crippen LogP contribution in [0.25, 0.3) is 0 Å². The van der Waals surface area contributed by atoms with E-state index in [-0.39, 0.29) is 23.6 Å². The van der Waals surface area contributed by atoms with Gasteiger partial charge in [-0.05, 0) is 19.3 Å². The van der Waals surface area contributed by atoms with Crippen LogP contribution in [-0.2, 0) is 14.1 Å². The highest BCUT2D eigenvalue weighted by molar-refractivity contribution is 5.92. The summed E-state index contributed by atoms with van der Waals surface area (Å²) in [5.41, 5.74) is -1.18. The summed E-state index contributed by atoms with van der Waals surface area (Å²) < 4.78 is 2.18. The van der Waals surface area contributed by atoms with Gasteiger partial charge in [-0.2, -0.15) is 0 Å². The molecule has 1 atom stereocenters. The number of carbonyl (C=O) groups excluding carboxylic acids is 1. The number of nitrogens with zero attached hydrogens (tertiary/aromatic N) is 3. The van der Waals surface area contributed by atoms with Crippen LogP contribution in [0.4, 0.5) is 0 Å². The zero-order chi connectivity index (χ0) is 17.2. The largest absolute Gasteiger partial charge is 0.396 e. The average molecular weight is 323 g/mol. The zero-order valence-electron chi connectivity index (χ0n) is 14.0. The van der Waals surface area contributed by atoms with Crippen LogP contribution in [0.1, 0.15) is 43.1 Å². The van der Waals surface area contributed by atoms with Crippen molar-refractivity contribution >= 4 is 5.91 Å². The third kappa shape index (κ3) is 3.24. The van der Waals surface area contributed by atoms with Crippen LogP contribution in [-0.4, -0.2) is 44.7 Å². The second-order valence-corrected chi connectivity index (χ2v) is 6.51. The van der Waals surface area contributed by atoms with Crippen LogP contribution < -0.4 is 11.2 Å². The molecule has 23 heavy (non-hydrogen) atoms. The standard InChI is InChI=1S/C16H25N3O4/c1-4-6-16(11-20)7-5-8-19(10-16)14(22)12-9-13(21)18(3)15(23)17(12)2/h9,20H,4-8,10-11H2,1-3H3. The topological polar surface area (TPSA) is 84.5 Å². The van der Waals surface area contributed by atoms with Gasteiger partial charge >= 0.3 is 5.69 Å². The summed E-state index contributed by atoms with van der Waals surface area (Å²) in [5.74, 6) is -0.323. The Kier molecular flexibility index (Phi) is 5.09. The molecule has 0 saturated carbocycles. The first kappa shape index (κ1) is 17.5. The zero-order valence-corrected chi connectivity index (χ0v) is 14.0. The third-order valence-electron chi connectivity index (χ3n) is 4.81. The van der Waals surface area contributed by atoms with Gasteiger partial charge in [0.05, 0.1) is 6.61 Å². The Labute approximate surface area is 135 Å². The monoisotopic (exact) mass is 323 g/mol. The maximum atomic E-state index is 12.8. The number of aliphatic hydroxyl groups is 1. The quantitative estimate of drug-likeness (QED) is 0.851. The van der Waals surface area contributed by atoms with Gasteiger partial charge in [0, 0.05) is 38.7 Å². The van der Waals surface area contributed by atoms with E-state index in [0.717, 1.165) is 30.3 Å². The van der Waals surface area contributed by atoms with Crippen LogP contribution in [0.5, 0.6) is 0 Å². The van der Waals surface area contributed by atoms with Crippen LogP contribution in [0.15, 0.2) is 15.7 Å². The number of aromatic nitrogens is 2. The van der Waals surface area contributed by atoms with Crippen molar-refractivity contribution in [1.29, 1.82) is 0 Å². The number of likely N-dealkylation sites (tertiary alicyclic amines) is 1. The molecule has 7 heteroatoms. The first-order chi connectivity index (χ1) is 10.8. The van der Waals surface area contributed by atoms with Crippen molar-refractivity contribution in [2.45, 2.75) is 32.6 Å². The van der Waals surface area contributed by atoms with E-state index in [1.165, 1.54) is 24.7 Å². The third-order valence-corrected chi connectivity index (χ3v) is 4.81. The van der Waals surface area contributed by atoms with Crippen molar-refractivity contribution < 1.29 is 9.90 Å². The van der Waals surface area contributed by atoms with Gasteiger partial charge in [-0.25, -0.2) is 4.79 Å². The van der Waals surface area contributed by atoms with Gasteiger partial charge in [0.15, 0.2) is 0 Å². The molecule has 1 amide bonds. The molecule has 1 fully saturated rings. The molecule has 1 aromatic heterocycles. The van der Waals surface area contributed by atoms with Gasteiger partial charge in [0.2, 0.25) is 0 Å². The molecular formula is C16H25N3O4. The van der Waals surface area contributed by atoms with Gasteiger partial charge in [-0.15, -0.1) is 0 Å². The highest BCUT2D eigenvalue weighted by Gasteiger charge is 2.36. The van der Waals surface area contributed by atoms with Crippen LogP contribution in [0.2, 0.25) is 0 Å². The second-order valence-electron chi connectivity index (χ2n) is 6.51. The Morgan fingerprint density at radius 2 is 2.00 bits per heavy atom. The molecule has 7 nitrogen and oxygen atoms in total. The molecule has 2 heterocycles. The molecule has 128 valence electrons. The van der Waals surface area contributed by atoms with E-state index >= 15 is 0 Å². The smallest absolute Gasteiger partial charge is 0.331 e. The molecule has 2 rings (SSSR count). The molecule has 1 unspecified atom stereocenters. The van der Waals surface area contributed by atoms with Gasteiger partial charge in [0.1, 0.15) is 5.69 Å². The van der Waals surface area contributed by atoms with Gasteiger partial charge in [0.25, 0.3) is 11.5 Å². The summed E-state index contributed by atoms with van der Waals surface area (Å²) >= 11 is 0. The first-order valence-electron chi connectivity index (χ1n) is 8.02. The normalized spacial score (nSPS) is 21.5. The number of amides is 1. The lowest BCUT2D eigenvalue weighted by Crippen LogP contribution is -2.49. The lowest BCUT2D eigenvalue weighted by atomic mass is 9.77. The molecule has 0 aromatic carbocycles. The van der Waals surface area contributed by atoms with E-state index in [1.54, 1.807) is 4.90 Å². The fraction of sp³-hybridized carbons (Fsp3) is 0.688. The van der Waals surface area contributed by atoms with Crippen LogP contribution in [0.3, 0.4) is 0 Å². The maximum Gasteiger partial charge on any atom is 0.331 e. The highest BCUT2D eigenvalue weighted by Crippen LogP contribution is 2.34. The van der Waals surface area contributed by atoms with Crippen molar-refractivity contribution in [2.24, 2.45) is 19.5 Å². The molecule has 1 N–H and O–H groups in total. The fourth-order valence-corrected chi connectivity index (χ4v) is 3.42. The average Bonchev–Trinajstić information content (AvgIpc) is 2.56. The Hall–Kier alpha value is -1.89. The van der Waals surface area contributed by atoms with E-state index in [9.17, 15) is 19.5 Å². The Morgan fingerprint density at radius 3 is 2.61 bits per heavy atom. The SMILES string of the molecule is CCCC1(CO)CCCN(C(=O)c2cc(=O)n(C)c(=O)n2C)C1. The molecule has 0 radical (unpaired) electrons. The predicted octanol–water partition coefficient (Wildman–Crippen LogP) is 0.0988. The number of hydrogen-bond acceptors (Lipinski definition) is 4. The molecule has 1 aliphatic rings. The summed E-state index contributed by atoms with van der Waals surface area (Å²) in [5, 5.41) is 9.78. The molecule has 0 spiro atoms. The second kappa shape index (κ2) is 6.70. The number of piperidine rings is 1. The summed E-state index contributed by atoms with van der Waals surface area (Å²) in [6.07, 6.45) is 3.48. The maximum absolute atomic E-state index is 12.8. The lowest BCUT2D eigenvalue weighted by molar-refractivity contribution is 0.0216. The van der Waals surface area contributed by atoms with E-state index in [0.29, 0.717) is 13.1 Å². The van der Waals surface area contributed by atoms with Crippen molar-refractivity contribution in [3.63, 3.8) is 0 Å². The molecule has 0 bridgehead atoms. The summed E-state index contributed by atoms with van der Waals surface area (Å²) in [7, 11) is 2.88. The van der Waals surface area contributed by atoms with E-state index < -0.39 is 11.2 Å². The number of aliphatic hydroxyl groups excluding tert-OH is 1. The van der Waals surface area contributed by atoms with Crippen molar-refractivity contribution in [3.8, 4) is 0 Å². The fourth-order valence-electron chi connectivity index (χ4n) is 3.42. The van der Waals surface area contributed by atoms with E-state index in [1.807, 2.05) is 0 Å². The summed E-state index contributed by atoms with van der Waals surface area (Å²) in [4.78, 5) is 38.3. The van der Waals surface area contributed by atoms with E-state index in [2.05, 4.69) is 6.92 Å². The summed E-state index contributed by atoms with van der Waals surface area (Å²) in [6, 6.07) is 1.21. The van der Waals surface area contributed by atoms with Gasteiger partial charge in [-0.3, -0.25) is 18.7 Å². The Bertz CT molecular complexity index is 702. The highest BCUT2D eigenvalue weighted by atomic mass is 16.3. The van der Waals surface area contributed by atoms with Crippen molar-refractivity contribution in [1.82, 2.24) is 14.0 Å². The molecule has 0 aliphatic carbocycles. The lowest BCUT2D eigenvalue weighted by Gasteiger charge is -2.42. The summed E-state index contributed by atoms with van der Waals surface area (Å²) in [6.45, 7) is 3.14. The van der Waals surface area contributed by atoms with Crippen molar-refractivity contribution in [2.75, 3.05) is 19.7 Å². The number of carbonyl (C=O) groups is 1. The van der Waals surface area contributed by atoms with E-state index in [4.69, 9.17) is 0 Å². The minimum absolute atomic E-state index is 0.0418. The van der Waals surface area contributed by atoms with Gasteiger partial charge in [-0.1, -0.05) is 13.3 Å². The molecule has 1 saturated heterocycles. The number of hydrogen-bond donors (Lipinski definition) is 1. The minimum Gasteiger partial charge on any atom is -0.396 e. The van der Waals surface area contributed by atoms with Crippen LogP contribution in [0, 0.1) is 5.41 Å². The van der Waals surface area contributed by atoms with Gasteiger partial charge < -0.3 is 10.0 Å². The minimum atomic E-state index is -0.514. The van der Waals surface area contributed by atoms with Crippen molar-refractivity contribution in [3.05, 3.63) is 32.6 Å². The predicted molar refractivity (Wildman–Crippen MR) is 86.5 cm³/mol. The first-order valence-corrected chi connectivity index (χ1v) is 8.02. The molecule has 1 aliphatic heterocycles.